The van der Waals surface area contributed by atoms with Gasteiger partial charge in [-0.2, -0.15) is 5.10 Å². The molecular weight excluding hydrogens is 618 g/mol. The number of hydrogen-bond donors (Lipinski definition) is 2. The predicted octanol–water partition coefficient (Wildman–Crippen LogP) is 6.02. The number of halogens is 1. The van der Waals surface area contributed by atoms with E-state index in [1.54, 1.807) is 60.7 Å². The highest BCUT2D eigenvalue weighted by atomic mass is 79.9. The Morgan fingerprint density at radius 2 is 1.44 bits per heavy atom. The zero-order valence-corrected chi connectivity index (χ0v) is 25.4. The van der Waals surface area contributed by atoms with Crippen LogP contribution < -0.4 is 29.7 Å². The molecule has 11 heteroatoms. The number of esters is 1. The number of aryl methyl sites for hydroxylation is 1. The Morgan fingerprint density at radius 1 is 0.744 bits per heavy atom. The fourth-order valence-electron chi connectivity index (χ4n) is 3.99. The number of nitrogens with zero attached hydrogens (tertiary/aromatic N) is 1. The van der Waals surface area contributed by atoms with Gasteiger partial charge < -0.3 is 24.3 Å². The van der Waals surface area contributed by atoms with Gasteiger partial charge in [0.2, 0.25) is 5.75 Å². The zero-order chi connectivity index (χ0) is 30.9. The van der Waals surface area contributed by atoms with Crippen molar-refractivity contribution in [3.05, 3.63) is 111 Å². The molecule has 0 fully saturated rings. The highest BCUT2D eigenvalue weighted by molar-refractivity contribution is 9.10. The van der Waals surface area contributed by atoms with Gasteiger partial charge >= 0.3 is 5.97 Å². The van der Waals surface area contributed by atoms with Crippen molar-refractivity contribution in [1.82, 2.24) is 5.43 Å². The molecule has 0 heterocycles. The molecule has 10 nitrogen and oxygen atoms in total. The first-order chi connectivity index (χ1) is 20.7. The topological polar surface area (TPSA) is 125 Å². The lowest BCUT2D eigenvalue weighted by Gasteiger charge is -2.14. The summed E-state index contributed by atoms with van der Waals surface area (Å²) >= 11 is 3.40. The number of rotatable bonds is 10. The van der Waals surface area contributed by atoms with E-state index >= 15 is 0 Å². The lowest BCUT2D eigenvalue weighted by Crippen LogP contribution is -2.18. The number of anilines is 1. The minimum absolute atomic E-state index is 0.278. The van der Waals surface area contributed by atoms with Gasteiger partial charge in [-0.3, -0.25) is 9.59 Å². The third-order valence-electron chi connectivity index (χ3n) is 6.13. The van der Waals surface area contributed by atoms with Crippen LogP contribution in [-0.4, -0.2) is 45.3 Å². The molecule has 0 aliphatic heterocycles. The molecule has 0 atom stereocenters. The number of methoxy groups -OCH3 is 3. The van der Waals surface area contributed by atoms with Gasteiger partial charge in [-0.05, 0) is 73.7 Å². The van der Waals surface area contributed by atoms with Crippen molar-refractivity contribution in [2.24, 2.45) is 5.10 Å². The molecule has 0 saturated carbocycles. The molecule has 0 radical (unpaired) electrons. The fourth-order valence-corrected chi connectivity index (χ4v) is 4.37. The number of amides is 2. The fraction of sp³-hybridized carbons (Fsp3) is 0.125. The van der Waals surface area contributed by atoms with Crippen LogP contribution in [0.1, 0.15) is 42.2 Å². The van der Waals surface area contributed by atoms with Crippen molar-refractivity contribution in [3.63, 3.8) is 0 Å². The molecule has 4 rings (SSSR count). The van der Waals surface area contributed by atoms with Gasteiger partial charge in [-0.15, -0.1) is 0 Å². The second-order valence-corrected chi connectivity index (χ2v) is 10.0. The average molecular weight is 646 g/mol. The SMILES string of the molecule is COc1cc(C(=O)Nc2ccc(C(=O)N/N=C\c3cc(Br)ccc3OC(=O)c3cccc(C)c3)cc2)cc(OC)c1OC. The Morgan fingerprint density at radius 3 is 2.07 bits per heavy atom. The van der Waals surface area contributed by atoms with E-state index in [2.05, 4.69) is 31.8 Å². The van der Waals surface area contributed by atoms with E-state index in [9.17, 15) is 14.4 Å². The smallest absolute Gasteiger partial charge is 0.343 e. The number of ether oxygens (including phenoxy) is 4. The van der Waals surface area contributed by atoms with Crippen LogP contribution in [0.4, 0.5) is 5.69 Å². The summed E-state index contributed by atoms with van der Waals surface area (Å²) in [5.74, 6) is -0.0555. The number of carbonyl (C=O) groups is 3. The summed E-state index contributed by atoms with van der Waals surface area (Å²) in [5, 5.41) is 6.80. The van der Waals surface area contributed by atoms with E-state index in [0.717, 1.165) is 10.0 Å². The summed E-state index contributed by atoms with van der Waals surface area (Å²) in [6.45, 7) is 1.89. The Bertz CT molecular complexity index is 1660. The van der Waals surface area contributed by atoms with Crippen molar-refractivity contribution in [1.29, 1.82) is 0 Å². The number of carbonyl (C=O) groups excluding carboxylic acids is 3. The highest BCUT2D eigenvalue weighted by Gasteiger charge is 2.17. The second-order valence-electron chi connectivity index (χ2n) is 9.09. The van der Waals surface area contributed by atoms with Crippen molar-refractivity contribution in [2.45, 2.75) is 6.92 Å². The molecule has 0 spiro atoms. The van der Waals surface area contributed by atoms with E-state index in [1.807, 2.05) is 13.0 Å². The molecule has 4 aromatic carbocycles. The average Bonchev–Trinajstić information content (AvgIpc) is 3.01. The zero-order valence-electron chi connectivity index (χ0n) is 23.8. The number of nitrogens with one attached hydrogen (secondary N) is 2. The number of hydrogen-bond acceptors (Lipinski definition) is 8. The van der Waals surface area contributed by atoms with Crippen molar-refractivity contribution >= 4 is 45.6 Å². The molecule has 2 N–H and O–H groups in total. The van der Waals surface area contributed by atoms with Crippen LogP contribution in [0.15, 0.2) is 88.4 Å². The van der Waals surface area contributed by atoms with E-state index < -0.39 is 17.8 Å². The molecule has 220 valence electrons. The van der Waals surface area contributed by atoms with E-state index in [4.69, 9.17) is 18.9 Å². The largest absolute Gasteiger partial charge is 0.493 e. The quantitative estimate of drug-likeness (QED) is 0.0935. The molecule has 0 unspecified atom stereocenters. The molecule has 4 aromatic rings. The summed E-state index contributed by atoms with van der Waals surface area (Å²) in [5.41, 5.74) is 5.35. The third kappa shape index (κ3) is 7.77. The van der Waals surface area contributed by atoms with Gasteiger partial charge in [-0.25, -0.2) is 10.2 Å². The van der Waals surface area contributed by atoms with Gasteiger partial charge in [0.25, 0.3) is 11.8 Å². The molecule has 43 heavy (non-hydrogen) atoms. The maximum Gasteiger partial charge on any atom is 0.343 e. The molecule has 0 aliphatic rings. The van der Waals surface area contributed by atoms with Crippen LogP contribution in [0.25, 0.3) is 0 Å². The lowest BCUT2D eigenvalue weighted by molar-refractivity contribution is 0.0733. The van der Waals surface area contributed by atoms with Crippen LogP contribution in [0, 0.1) is 6.92 Å². The molecule has 0 bridgehead atoms. The summed E-state index contributed by atoms with van der Waals surface area (Å²) in [7, 11) is 4.41. The molecule has 0 saturated heterocycles. The first kappa shape index (κ1) is 30.8. The van der Waals surface area contributed by atoms with Crippen LogP contribution >= 0.6 is 15.9 Å². The van der Waals surface area contributed by atoms with E-state index in [-0.39, 0.29) is 5.75 Å². The Balaban J connectivity index is 1.40. The minimum Gasteiger partial charge on any atom is -0.493 e. The van der Waals surface area contributed by atoms with Gasteiger partial charge in [0.1, 0.15) is 5.75 Å². The predicted molar refractivity (Wildman–Crippen MR) is 166 cm³/mol. The van der Waals surface area contributed by atoms with Gasteiger partial charge in [0, 0.05) is 26.9 Å². The summed E-state index contributed by atoms with van der Waals surface area (Å²) in [4.78, 5) is 38.2. The van der Waals surface area contributed by atoms with Crippen LogP contribution in [0.2, 0.25) is 0 Å². The van der Waals surface area contributed by atoms with Crippen LogP contribution in [0.5, 0.6) is 23.0 Å². The summed E-state index contributed by atoms with van der Waals surface area (Å²) in [6.07, 6.45) is 1.38. The van der Waals surface area contributed by atoms with E-state index in [1.165, 1.54) is 39.7 Å². The molecule has 2 amide bonds. The summed E-state index contributed by atoms with van der Waals surface area (Å²) in [6, 6.07) is 21.5. The first-order valence-corrected chi connectivity index (χ1v) is 13.6. The van der Waals surface area contributed by atoms with Crippen molar-refractivity contribution in [3.8, 4) is 23.0 Å². The maximum absolute atomic E-state index is 12.9. The normalized spacial score (nSPS) is 10.6. The Labute approximate surface area is 256 Å². The lowest BCUT2D eigenvalue weighted by atomic mass is 10.1. The van der Waals surface area contributed by atoms with Gasteiger partial charge in [0.05, 0.1) is 33.1 Å². The maximum atomic E-state index is 12.9. The van der Waals surface area contributed by atoms with Crippen molar-refractivity contribution < 1.29 is 33.3 Å². The Hall–Kier alpha value is -5.16. The third-order valence-corrected chi connectivity index (χ3v) is 6.62. The first-order valence-electron chi connectivity index (χ1n) is 12.9. The molecular formula is C32H28BrN3O7. The number of benzene rings is 4. The second kappa shape index (κ2) is 14.1. The van der Waals surface area contributed by atoms with Crippen molar-refractivity contribution in [2.75, 3.05) is 26.6 Å². The van der Waals surface area contributed by atoms with Crippen LogP contribution in [0.3, 0.4) is 0 Å². The number of hydrazone groups is 1. The molecule has 0 aromatic heterocycles. The monoisotopic (exact) mass is 645 g/mol. The Kier molecular flexibility index (Phi) is 10.1. The van der Waals surface area contributed by atoms with E-state index in [0.29, 0.717) is 45.2 Å². The minimum atomic E-state index is -0.512. The highest BCUT2D eigenvalue weighted by Crippen LogP contribution is 2.38. The van der Waals surface area contributed by atoms with Crippen LogP contribution in [-0.2, 0) is 0 Å². The van der Waals surface area contributed by atoms with Gasteiger partial charge in [-0.1, -0.05) is 33.6 Å². The molecule has 0 aliphatic carbocycles. The standard InChI is InChI=1S/C32H28BrN3O7/c1-19-6-5-7-21(14-19)32(39)43-26-13-10-24(33)15-23(26)18-34-36-31(38)20-8-11-25(12-9-20)35-30(37)22-16-27(40-2)29(42-4)28(17-22)41-3/h5-18H,1-4H3,(H,35,37)(H,36,38)/b34-18-. The summed E-state index contributed by atoms with van der Waals surface area (Å²) < 4.78 is 22.2. The van der Waals surface area contributed by atoms with Gasteiger partial charge in [0.15, 0.2) is 11.5 Å².